The van der Waals surface area contributed by atoms with Gasteiger partial charge in [-0.15, -0.1) is 0 Å². The third-order valence-corrected chi connectivity index (χ3v) is 4.95. The van der Waals surface area contributed by atoms with Crippen molar-refractivity contribution in [3.63, 3.8) is 0 Å². The van der Waals surface area contributed by atoms with Gasteiger partial charge in [0.15, 0.2) is 0 Å². The molecule has 1 aliphatic heterocycles. The fourth-order valence-corrected chi connectivity index (χ4v) is 3.42. The quantitative estimate of drug-likeness (QED) is 0.643. The molecule has 0 saturated carbocycles. The van der Waals surface area contributed by atoms with Crippen LogP contribution in [0.25, 0.3) is 11.3 Å². The molecular weight excluding hydrogens is 334 g/mol. The van der Waals surface area contributed by atoms with E-state index >= 15 is 0 Å². The summed E-state index contributed by atoms with van der Waals surface area (Å²) in [6, 6.07) is 17.6. The molecule has 4 heteroatoms. The Kier molecular flexibility index (Phi) is 4.10. The maximum atomic E-state index is 13.0. The summed E-state index contributed by atoms with van der Waals surface area (Å²) in [6.07, 6.45) is 0.892. The maximum absolute atomic E-state index is 13.0. The van der Waals surface area contributed by atoms with Crippen LogP contribution in [0.15, 0.2) is 59.0 Å². The highest BCUT2D eigenvalue weighted by Crippen LogP contribution is 2.28. The Morgan fingerprint density at radius 1 is 1.08 bits per heavy atom. The van der Waals surface area contributed by atoms with Gasteiger partial charge in [0.2, 0.25) is 0 Å². The van der Waals surface area contributed by atoms with Crippen LogP contribution >= 0.6 is 11.6 Å². The summed E-state index contributed by atoms with van der Waals surface area (Å²) < 4.78 is 5.83. The number of furan rings is 1. The summed E-state index contributed by atoms with van der Waals surface area (Å²) in [5.41, 5.74) is 4.10. The van der Waals surface area contributed by atoms with Gasteiger partial charge >= 0.3 is 0 Å². The number of hydrogen-bond donors (Lipinski definition) is 0. The van der Waals surface area contributed by atoms with Crippen molar-refractivity contribution in [1.29, 1.82) is 0 Å². The van der Waals surface area contributed by atoms with Gasteiger partial charge < -0.3 is 9.32 Å². The van der Waals surface area contributed by atoms with Gasteiger partial charge in [-0.1, -0.05) is 35.9 Å². The van der Waals surface area contributed by atoms with Crippen molar-refractivity contribution in [2.45, 2.75) is 19.9 Å². The number of nitrogens with zero attached hydrogens (tertiary/aromatic N) is 1. The summed E-state index contributed by atoms with van der Waals surface area (Å²) >= 11 is 5.94. The first-order chi connectivity index (χ1) is 12.1. The van der Waals surface area contributed by atoms with Crippen LogP contribution in [0.3, 0.4) is 0 Å². The largest absolute Gasteiger partial charge is 0.461 e. The first kappa shape index (κ1) is 16.0. The molecule has 0 saturated heterocycles. The van der Waals surface area contributed by atoms with Crippen molar-refractivity contribution in [2.75, 3.05) is 6.54 Å². The van der Waals surface area contributed by atoms with E-state index in [1.54, 1.807) is 0 Å². The molecule has 0 atom stereocenters. The number of rotatable bonds is 2. The molecule has 0 aliphatic carbocycles. The van der Waals surface area contributed by atoms with E-state index in [9.17, 15) is 4.79 Å². The van der Waals surface area contributed by atoms with E-state index in [-0.39, 0.29) is 5.91 Å². The molecule has 0 bridgehead atoms. The van der Waals surface area contributed by atoms with Crippen LogP contribution in [0.4, 0.5) is 0 Å². The zero-order chi connectivity index (χ0) is 17.4. The van der Waals surface area contributed by atoms with Crippen LogP contribution in [0.1, 0.15) is 27.2 Å². The molecular formula is C21H18ClNO2. The molecule has 3 aromatic rings. The highest BCUT2D eigenvalue weighted by molar-refractivity contribution is 6.30. The zero-order valence-electron chi connectivity index (χ0n) is 14.0. The standard InChI is InChI=1S/C21H18ClNO2/c1-14-19(12-20(25-14)16-6-8-18(22)9-7-16)21(24)23-11-10-15-4-2-3-5-17(15)13-23/h2-9,12H,10-11,13H2,1H3. The molecule has 3 nitrogen and oxygen atoms in total. The molecule has 4 rings (SSSR count). The minimum atomic E-state index is 0.0240. The zero-order valence-corrected chi connectivity index (χ0v) is 14.7. The summed E-state index contributed by atoms with van der Waals surface area (Å²) in [5.74, 6) is 1.36. The van der Waals surface area contributed by atoms with Crippen molar-refractivity contribution in [3.05, 3.63) is 82.1 Å². The minimum Gasteiger partial charge on any atom is -0.461 e. The molecule has 1 aliphatic rings. The van der Waals surface area contributed by atoms with E-state index in [1.165, 1.54) is 11.1 Å². The van der Waals surface area contributed by atoms with E-state index < -0.39 is 0 Å². The second-order valence-corrected chi connectivity index (χ2v) is 6.77. The van der Waals surface area contributed by atoms with Gasteiger partial charge in [-0.3, -0.25) is 4.79 Å². The molecule has 25 heavy (non-hydrogen) atoms. The number of fused-ring (bicyclic) bond motifs is 1. The third kappa shape index (κ3) is 3.08. The van der Waals surface area contributed by atoms with Crippen molar-refractivity contribution in [2.24, 2.45) is 0 Å². The minimum absolute atomic E-state index is 0.0240. The van der Waals surface area contributed by atoms with Crippen LogP contribution in [0.5, 0.6) is 0 Å². The molecule has 0 radical (unpaired) electrons. The van der Waals surface area contributed by atoms with Crippen molar-refractivity contribution in [1.82, 2.24) is 4.90 Å². The molecule has 0 spiro atoms. The highest BCUT2D eigenvalue weighted by Gasteiger charge is 2.25. The third-order valence-electron chi connectivity index (χ3n) is 4.69. The molecule has 0 N–H and O–H groups in total. The number of halogens is 1. The van der Waals surface area contributed by atoms with E-state index in [4.69, 9.17) is 16.0 Å². The van der Waals surface area contributed by atoms with E-state index in [1.807, 2.05) is 48.2 Å². The Morgan fingerprint density at radius 2 is 1.80 bits per heavy atom. The smallest absolute Gasteiger partial charge is 0.257 e. The van der Waals surface area contributed by atoms with Crippen LogP contribution in [-0.2, 0) is 13.0 Å². The fourth-order valence-electron chi connectivity index (χ4n) is 3.29. The number of aryl methyl sites for hydroxylation is 1. The molecule has 2 heterocycles. The van der Waals surface area contributed by atoms with Crippen LogP contribution in [0.2, 0.25) is 5.02 Å². The normalized spacial score (nSPS) is 13.6. The van der Waals surface area contributed by atoms with Crippen LogP contribution < -0.4 is 0 Å². The molecule has 126 valence electrons. The maximum Gasteiger partial charge on any atom is 0.257 e. The van der Waals surface area contributed by atoms with Gasteiger partial charge in [0.1, 0.15) is 11.5 Å². The van der Waals surface area contributed by atoms with Gasteiger partial charge in [0, 0.05) is 23.7 Å². The fraction of sp³-hybridized carbons (Fsp3) is 0.190. The summed E-state index contributed by atoms with van der Waals surface area (Å²) in [5, 5.41) is 0.676. The SMILES string of the molecule is Cc1oc(-c2ccc(Cl)cc2)cc1C(=O)N1CCc2ccccc2C1. The monoisotopic (exact) mass is 351 g/mol. The van der Waals surface area contributed by atoms with Gasteiger partial charge in [0.05, 0.1) is 5.56 Å². The van der Waals surface area contributed by atoms with Gasteiger partial charge in [0.25, 0.3) is 5.91 Å². The summed E-state index contributed by atoms with van der Waals surface area (Å²) in [7, 11) is 0. The lowest BCUT2D eigenvalue weighted by atomic mass is 9.99. The topological polar surface area (TPSA) is 33.5 Å². The van der Waals surface area contributed by atoms with Gasteiger partial charge in [-0.2, -0.15) is 0 Å². The Bertz CT molecular complexity index is 927. The first-order valence-corrected chi connectivity index (χ1v) is 8.72. The number of amides is 1. The average Bonchev–Trinajstić information content (AvgIpc) is 3.03. The lowest BCUT2D eigenvalue weighted by Gasteiger charge is -2.28. The van der Waals surface area contributed by atoms with Crippen LogP contribution in [0, 0.1) is 6.92 Å². The van der Waals surface area contributed by atoms with E-state index in [0.29, 0.717) is 28.7 Å². The van der Waals surface area contributed by atoms with E-state index in [0.717, 1.165) is 18.5 Å². The molecule has 1 aromatic heterocycles. The lowest BCUT2D eigenvalue weighted by molar-refractivity contribution is 0.0733. The second kappa shape index (κ2) is 6.41. The van der Waals surface area contributed by atoms with Crippen LogP contribution in [-0.4, -0.2) is 17.4 Å². The molecule has 0 fully saturated rings. The average molecular weight is 352 g/mol. The lowest BCUT2D eigenvalue weighted by Crippen LogP contribution is -2.36. The van der Waals surface area contributed by atoms with Crippen molar-refractivity contribution in [3.8, 4) is 11.3 Å². The van der Waals surface area contributed by atoms with E-state index in [2.05, 4.69) is 18.2 Å². The predicted octanol–water partition coefficient (Wildman–Crippen LogP) is 5.11. The number of carbonyl (C=O) groups is 1. The Hall–Kier alpha value is -2.52. The number of carbonyl (C=O) groups excluding carboxylic acids is 1. The van der Waals surface area contributed by atoms with Crippen molar-refractivity contribution < 1.29 is 9.21 Å². The molecule has 1 amide bonds. The number of hydrogen-bond acceptors (Lipinski definition) is 2. The number of benzene rings is 2. The summed E-state index contributed by atoms with van der Waals surface area (Å²) in [6.45, 7) is 3.22. The van der Waals surface area contributed by atoms with Gasteiger partial charge in [-0.05, 0) is 54.8 Å². The summed E-state index contributed by atoms with van der Waals surface area (Å²) in [4.78, 5) is 14.9. The molecule has 2 aromatic carbocycles. The highest BCUT2D eigenvalue weighted by atomic mass is 35.5. The first-order valence-electron chi connectivity index (χ1n) is 8.34. The Labute approximate surface area is 151 Å². The second-order valence-electron chi connectivity index (χ2n) is 6.33. The van der Waals surface area contributed by atoms with Crippen molar-refractivity contribution >= 4 is 17.5 Å². The van der Waals surface area contributed by atoms with Gasteiger partial charge in [-0.25, -0.2) is 0 Å². The predicted molar refractivity (Wildman–Crippen MR) is 98.8 cm³/mol. The Morgan fingerprint density at radius 3 is 2.56 bits per heavy atom. The Balaban J connectivity index is 1.60. The molecule has 0 unspecified atom stereocenters.